The van der Waals surface area contributed by atoms with Crippen LogP contribution in [0, 0.1) is 5.92 Å². The number of hydrogen-bond donors (Lipinski definition) is 2. The number of hydrogen-bond acceptors (Lipinski definition) is 4. The number of nitrogens with one attached hydrogen (secondary N) is 1. The smallest absolute Gasteiger partial charge is 0.339 e. The van der Waals surface area contributed by atoms with Crippen LogP contribution in [0.3, 0.4) is 0 Å². The fourth-order valence-electron chi connectivity index (χ4n) is 2.57. The Labute approximate surface area is 124 Å². The van der Waals surface area contributed by atoms with Gasteiger partial charge >= 0.3 is 5.97 Å². The molecule has 2 heterocycles. The van der Waals surface area contributed by atoms with Crippen molar-refractivity contribution in [2.24, 2.45) is 5.92 Å². The average Bonchev–Trinajstić information content (AvgIpc) is 2.47. The molecule has 1 atom stereocenters. The third kappa shape index (κ3) is 3.71. The molecule has 1 amide bonds. The first-order chi connectivity index (χ1) is 10.0. The van der Waals surface area contributed by atoms with Gasteiger partial charge in [-0.2, -0.15) is 0 Å². The van der Waals surface area contributed by atoms with Crippen LogP contribution in [0.1, 0.15) is 43.5 Å². The van der Waals surface area contributed by atoms with Crippen molar-refractivity contribution in [3.05, 3.63) is 17.8 Å². The van der Waals surface area contributed by atoms with Gasteiger partial charge < -0.3 is 15.3 Å². The Morgan fingerprint density at radius 3 is 2.90 bits per heavy atom. The SMILES string of the molecule is CCC(=O)Nc1cnc(N2CCCC(C)C2)c(C(=O)O)c1. The molecule has 6 nitrogen and oxygen atoms in total. The Morgan fingerprint density at radius 2 is 2.29 bits per heavy atom. The largest absolute Gasteiger partial charge is 0.478 e. The summed E-state index contributed by atoms with van der Waals surface area (Å²) < 4.78 is 0. The van der Waals surface area contributed by atoms with E-state index >= 15 is 0 Å². The lowest BCUT2D eigenvalue weighted by atomic mass is 10.00. The maximum absolute atomic E-state index is 11.5. The molecule has 1 aliphatic rings. The van der Waals surface area contributed by atoms with Gasteiger partial charge in [0.05, 0.1) is 11.9 Å². The number of carboxylic acids is 1. The molecule has 2 rings (SSSR count). The van der Waals surface area contributed by atoms with Gasteiger partial charge in [-0.05, 0) is 24.8 Å². The first kappa shape index (κ1) is 15.3. The molecular formula is C15H21N3O3. The molecule has 1 fully saturated rings. The number of amides is 1. The number of anilines is 2. The van der Waals surface area contributed by atoms with Crippen molar-refractivity contribution < 1.29 is 14.7 Å². The quantitative estimate of drug-likeness (QED) is 0.890. The van der Waals surface area contributed by atoms with Gasteiger partial charge in [-0.3, -0.25) is 4.79 Å². The summed E-state index contributed by atoms with van der Waals surface area (Å²) in [6, 6.07) is 1.48. The molecule has 0 spiro atoms. The van der Waals surface area contributed by atoms with E-state index in [9.17, 15) is 14.7 Å². The maximum Gasteiger partial charge on any atom is 0.339 e. The Bertz CT molecular complexity index is 545. The highest BCUT2D eigenvalue weighted by Crippen LogP contribution is 2.26. The van der Waals surface area contributed by atoms with Crippen LogP contribution in [-0.4, -0.2) is 35.1 Å². The van der Waals surface area contributed by atoms with E-state index in [0.29, 0.717) is 23.8 Å². The number of rotatable bonds is 4. The van der Waals surface area contributed by atoms with Gasteiger partial charge in [-0.15, -0.1) is 0 Å². The molecule has 1 saturated heterocycles. The molecule has 0 saturated carbocycles. The van der Waals surface area contributed by atoms with Crippen molar-refractivity contribution in [2.75, 3.05) is 23.3 Å². The first-order valence-corrected chi connectivity index (χ1v) is 7.29. The molecule has 1 aliphatic heterocycles. The van der Waals surface area contributed by atoms with E-state index in [2.05, 4.69) is 17.2 Å². The second kappa shape index (κ2) is 6.56. The lowest BCUT2D eigenvalue weighted by Crippen LogP contribution is -2.36. The zero-order valence-electron chi connectivity index (χ0n) is 12.4. The van der Waals surface area contributed by atoms with Crippen LogP contribution in [0.15, 0.2) is 12.3 Å². The lowest BCUT2D eigenvalue weighted by Gasteiger charge is -2.32. The second-order valence-corrected chi connectivity index (χ2v) is 5.50. The van der Waals surface area contributed by atoms with Crippen LogP contribution < -0.4 is 10.2 Å². The van der Waals surface area contributed by atoms with Crippen LogP contribution in [0.5, 0.6) is 0 Å². The highest BCUT2D eigenvalue weighted by molar-refractivity contribution is 5.96. The maximum atomic E-state index is 11.5. The number of carboxylic acid groups (broad SMARTS) is 1. The minimum absolute atomic E-state index is 0.137. The molecule has 0 aliphatic carbocycles. The van der Waals surface area contributed by atoms with Crippen LogP contribution in [0.4, 0.5) is 11.5 Å². The molecule has 1 aromatic heterocycles. The summed E-state index contributed by atoms with van der Waals surface area (Å²) >= 11 is 0. The molecule has 6 heteroatoms. The predicted molar refractivity (Wildman–Crippen MR) is 80.7 cm³/mol. The topological polar surface area (TPSA) is 82.5 Å². The van der Waals surface area contributed by atoms with Gasteiger partial charge in [-0.25, -0.2) is 9.78 Å². The minimum Gasteiger partial charge on any atom is -0.478 e. The fourth-order valence-corrected chi connectivity index (χ4v) is 2.57. The third-order valence-electron chi connectivity index (χ3n) is 3.66. The molecule has 2 N–H and O–H groups in total. The number of aromatic nitrogens is 1. The van der Waals surface area contributed by atoms with Crippen LogP contribution in [0.25, 0.3) is 0 Å². The van der Waals surface area contributed by atoms with Gasteiger partial charge in [0.2, 0.25) is 5.91 Å². The van der Waals surface area contributed by atoms with Gasteiger partial charge in [0.25, 0.3) is 0 Å². The van der Waals surface area contributed by atoms with E-state index in [-0.39, 0.29) is 11.5 Å². The van der Waals surface area contributed by atoms with Crippen LogP contribution in [0.2, 0.25) is 0 Å². The molecule has 0 bridgehead atoms. The summed E-state index contributed by atoms with van der Waals surface area (Å²) in [4.78, 5) is 29.2. The fraction of sp³-hybridized carbons (Fsp3) is 0.533. The van der Waals surface area contributed by atoms with Crippen LogP contribution in [-0.2, 0) is 4.79 Å². The zero-order chi connectivity index (χ0) is 15.4. The molecule has 0 radical (unpaired) electrons. The number of aromatic carboxylic acids is 1. The van der Waals surface area contributed by atoms with E-state index in [1.165, 1.54) is 12.3 Å². The number of piperidine rings is 1. The molecule has 114 valence electrons. The van der Waals surface area contributed by atoms with Gasteiger partial charge in [0, 0.05) is 19.5 Å². The van der Waals surface area contributed by atoms with Crippen LogP contribution >= 0.6 is 0 Å². The number of pyridine rings is 1. The second-order valence-electron chi connectivity index (χ2n) is 5.50. The molecular weight excluding hydrogens is 270 g/mol. The van der Waals surface area contributed by atoms with E-state index in [0.717, 1.165) is 25.9 Å². The van der Waals surface area contributed by atoms with Gasteiger partial charge in [-0.1, -0.05) is 13.8 Å². The summed E-state index contributed by atoms with van der Waals surface area (Å²) in [5.74, 6) is -0.166. The van der Waals surface area contributed by atoms with E-state index < -0.39 is 5.97 Å². The predicted octanol–water partition coefficient (Wildman–Crippen LogP) is 2.36. The van der Waals surface area contributed by atoms with Crippen molar-refractivity contribution in [3.63, 3.8) is 0 Å². The molecule has 21 heavy (non-hydrogen) atoms. The number of carbonyl (C=O) groups is 2. The average molecular weight is 291 g/mol. The normalized spacial score (nSPS) is 18.4. The highest BCUT2D eigenvalue weighted by Gasteiger charge is 2.23. The standard InChI is InChI=1S/C15H21N3O3/c1-3-13(19)17-11-7-12(15(20)21)14(16-8-11)18-6-4-5-10(2)9-18/h7-8,10H,3-6,9H2,1-2H3,(H,17,19)(H,20,21). The lowest BCUT2D eigenvalue weighted by molar-refractivity contribution is -0.115. The minimum atomic E-state index is -1.02. The summed E-state index contributed by atoms with van der Waals surface area (Å²) in [6.45, 7) is 5.53. The van der Waals surface area contributed by atoms with E-state index in [4.69, 9.17) is 0 Å². The van der Waals surface area contributed by atoms with Gasteiger partial charge in [0.1, 0.15) is 11.4 Å². The molecule has 1 unspecified atom stereocenters. The van der Waals surface area contributed by atoms with E-state index in [1.54, 1.807) is 6.92 Å². The zero-order valence-corrected chi connectivity index (χ0v) is 12.4. The molecule has 0 aromatic carbocycles. The Kier molecular flexibility index (Phi) is 4.77. The summed E-state index contributed by atoms with van der Waals surface area (Å²) in [6.07, 6.45) is 4.06. The van der Waals surface area contributed by atoms with Gasteiger partial charge in [0.15, 0.2) is 0 Å². The van der Waals surface area contributed by atoms with E-state index in [1.807, 2.05) is 4.90 Å². The van der Waals surface area contributed by atoms with Crippen molar-refractivity contribution in [1.82, 2.24) is 4.98 Å². The van der Waals surface area contributed by atoms with Crippen molar-refractivity contribution >= 4 is 23.4 Å². The Balaban J connectivity index is 2.28. The first-order valence-electron chi connectivity index (χ1n) is 7.29. The summed E-state index contributed by atoms with van der Waals surface area (Å²) in [5.41, 5.74) is 0.561. The third-order valence-corrected chi connectivity index (χ3v) is 3.66. The summed E-state index contributed by atoms with van der Waals surface area (Å²) in [5, 5.41) is 12.0. The Morgan fingerprint density at radius 1 is 1.52 bits per heavy atom. The summed E-state index contributed by atoms with van der Waals surface area (Å²) in [7, 11) is 0. The number of nitrogens with zero attached hydrogens (tertiary/aromatic N) is 2. The number of carbonyl (C=O) groups excluding carboxylic acids is 1. The Hall–Kier alpha value is -2.11. The van der Waals surface area contributed by atoms with Crippen molar-refractivity contribution in [1.29, 1.82) is 0 Å². The monoisotopic (exact) mass is 291 g/mol. The van der Waals surface area contributed by atoms with Crippen molar-refractivity contribution in [3.8, 4) is 0 Å². The highest BCUT2D eigenvalue weighted by atomic mass is 16.4. The molecule has 1 aromatic rings. The van der Waals surface area contributed by atoms with Crippen molar-refractivity contribution in [2.45, 2.75) is 33.1 Å².